The highest BCUT2D eigenvalue weighted by Gasteiger charge is 2.55. The number of nitrogens with zero attached hydrogens (tertiary/aromatic N) is 2. The molecule has 1 amide bonds. The van der Waals surface area contributed by atoms with E-state index in [9.17, 15) is 4.79 Å². The molecular weight excluding hydrogens is 452 g/mol. The van der Waals surface area contributed by atoms with Crippen molar-refractivity contribution < 1.29 is 19.4 Å². The smallest absolute Gasteiger partial charge is 0.255 e. The van der Waals surface area contributed by atoms with Gasteiger partial charge in [0.15, 0.2) is 11.6 Å². The Balaban J connectivity index is 1.58. The highest BCUT2D eigenvalue weighted by molar-refractivity contribution is 6.01. The number of carbonyl (C=O) groups excluding carboxylic acids is 1. The molecular formula is C30H32N2O4. The van der Waals surface area contributed by atoms with Gasteiger partial charge in [-0.25, -0.2) is 4.99 Å². The molecule has 3 aromatic carbocycles. The molecule has 2 atom stereocenters. The summed E-state index contributed by atoms with van der Waals surface area (Å²) in [5.74, 6) is 1.19. The van der Waals surface area contributed by atoms with Crippen LogP contribution in [0.3, 0.4) is 0 Å². The highest BCUT2D eigenvalue weighted by atomic mass is 16.5. The number of rotatable bonds is 8. The fraction of sp³-hybridized carbons (Fsp3) is 0.333. The van der Waals surface area contributed by atoms with Crippen LogP contribution in [0.15, 0.2) is 83.9 Å². The maximum absolute atomic E-state index is 14.3. The van der Waals surface area contributed by atoms with Gasteiger partial charge in [-0.05, 0) is 47.4 Å². The number of benzene rings is 3. The van der Waals surface area contributed by atoms with E-state index in [0.717, 1.165) is 28.7 Å². The molecule has 0 aliphatic carbocycles. The van der Waals surface area contributed by atoms with Gasteiger partial charge in [0.1, 0.15) is 5.75 Å². The van der Waals surface area contributed by atoms with Gasteiger partial charge in [0, 0.05) is 38.1 Å². The zero-order valence-corrected chi connectivity index (χ0v) is 20.6. The summed E-state index contributed by atoms with van der Waals surface area (Å²) < 4.78 is 12.2. The van der Waals surface area contributed by atoms with Crippen LogP contribution in [0.1, 0.15) is 48.1 Å². The lowest BCUT2D eigenvalue weighted by molar-refractivity contribution is -0.140. The molecule has 0 unspecified atom stereocenters. The van der Waals surface area contributed by atoms with Crippen LogP contribution in [0.4, 0.5) is 0 Å². The molecule has 6 nitrogen and oxygen atoms in total. The Morgan fingerprint density at radius 1 is 1.03 bits per heavy atom. The van der Waals surface area contributed by atoms with Gasteiger partial charge in [-0.2, -0.15) is 0 Å². The molecule has 0 aromatic heterocycles. The van der Waals surface area contributed by atoms with E-state index in [0.29, 0.717) is 44.2 Å². The molecule has 0 bridgehead atoms. The molecule has 186 valence electrons. The largest absolute Gasteiger partial charge is 0.494 e. The Labute approximate surface area is 212 Å². The monoisotopic (exact) mass is 484 g/mol. The Morgan fingerprint density at radius 2 is 1.75 bits per heavy atom. The molecule has 6 heteroatoms. The van der Waals surface area contributed by atoms with E-state index >= 15 is 0 Å². The van der Waals surface area contributed by atoms with Crippen LogP contribution >= 0.6 is 0 Å². The van der Waals surface area contributed by atoms with E-state index in [1.54, 1.807) is 0 Å². The number of carbonyl (C=O) groups is 1. The van der Waals surface area contributed by atoms with Gasteiger partial charge in [-0.1, -0.05) is 61.5 Å². The van der Waals surface area contributed by atoms with Crippen LogP contribution < -0.4 is 4.74 Å². The Kier molecular flexibility index (Phi) is 7.05. The SMILES string of the molecule is CCCN1Cc2ccccc2C[C@@]2(N=C(c3ccc(OCCCO)cc3)O[C@H]2c2ccccc2)C1=O. The second kappa shape index (κ2) is 10.5. The summed E-state index contributed by atoms with van der Waals surface area (Å²) >= 11 is 0. The van der Waals surface area contributed by atoms with Crippen molar-refractivity contribution >= 4 is 11.8 Å². The topological polar surface area (TPSA) is 71.4 Å². The maximum Gasteiger partial charge on any atom is 0.255 e. The minimum Gasteiger partial charge on any atom is -0.494 e. The summed E-state index contributed by atoms with van der Waals surface area (Å²) in [7, 11) is 0. The number of hydrogen-bond acceptors (Lipinski definition) is 5. The maximum atomic E-state index is 14.3. The van der Waals surface area contributed by atoms with Gasteiger partial charge >= 0.3 is 0 Å². The van der Waals surface area contributed by atoms with Gasteiger partial charge in [0.25, 0.3) is 5.91 Å². The van der Waals surface area contributed by atoms with Gasteiger partial charge < -0.3 is 19.5 Å². The molecule has 3 aromatic rings. The Hall–Kier alpha value is -3.64. The Morgan fingerprint density at radius 3 is 2.47 bits per heavy atom. The van der Waals surface area contributed by atoms with Crippen LogP contribution in [-0.4, -0.2) is 47.1 Å². The summed E-state index contributed by atoms with van der Waals surface area (Å²) in [6.45, 7) is 3.89. The fourth-order valence-corrected chi connectivity index (χ4v) is 5.07. The molecule has 2 aliphatic rings. The minimum absolute atomic E-state index is 0.00774. The van der Waals surface area contributed by atoms with Crippen LogP contribution in [0, 0.1) is 0 Å². The van der Waals surface area contributed by atoms with E-state index in [2.05, 4.69) is 19.1 Å². The third kappa shape index (κ3) is 4.61. The molecule has 2 aliphatic heterocycles. The van der Waals surface area contributed by atoms with Crippen molar-refractivity contribution in [2.45, 2.75) is 44.4 Å². The van der Waals surface area contributed by atoms with Crippen molar-refractivity contribution in [3.63, 3.8) is 0 Å². The second-order valence-electron chi connectivity index (χ2n) is 9.37. The molecule has 0 saturated heterocycles. The minimum atomic E-state index is -1.09. The first-order valence-electron chi connectivity index (χ1n) is 12.7. The van der Waals surface area contributed by atoms with Crippen LogP contribution in [-0.2, 0) is 22.5 Å². The molecule has 2 heterocycles. The molecule has 1 spiro atoms. The van der Waals surface area contributed by atoms with Gasteiger partial charge in [-0.3, -0.25) is 4.79 Å². The zero-order valence-electron chi connectivity index (χ0n) is 20.6. The zero-order chi connectivity index (χ0) is 25.0. The third-order valence-electron chi connectivity index (χ3n) is 6.83. The normalized spacial score (nSPS) is 21.1. The van der Waals surface area contributed by atoms with E-state index in [1.807, 2.05) is 71.6 Å². The van der Waals surface area contributed by atoms with Crippen molar-refractivity contribution in [2.75, 3.05) is 19.8 Å². The molecule has 0 fully saturated rings. The number of hydrogen-bond donors (Lipinski definition) is 1. The van der Waals surface area contributed by atoms with Gasteiger partial charge in [-0.15, -0.1) is 0 Å². The average molecular weight is 485 g/mol. The van der Waals surface area contributed by atoms with Crippen molar-refractivity contribution in [1.29, 1.82) is 0 Å². The standard InChI is InChI=1S/C30H32N2O4/c1-2-17-32-21-25-12-7-6-11-24(25)20-30(29(32)34)27(22-9-4-3-5-10-22)36-28(31-30)23-13-15-26(16-14-23)35-19-8-18-33/h3-7,9-16,27,33H,2,8,17-21H2,1H3/t27-,30-/m0/s1. The molecule has 1 N–H and O–H groups in total. The first kappa shape index (κ1) is 24.1. The number of aliphatic imine (C=N–C) groups is 1. The second-order valence-corrected chi connectivity index (χ2v) is 9.37. The predicted molar refractivity (Wildman–Crippen MR) is 139 cm³/mol. The number of aliphatic hydroxyl groups excluding tert-OH is 1. The first-order chi connectivity index (χ1) is 17.6. The van der Waals surface area contributed by atoms with Gasteiger partial charge in [0.2, 0.25) is 5.90 Å². The average Bonchev–Trinajstić information content (AvgIpc) is 3.25. The number of amides is 1. The number of fused-ring (bicyclic) bond motifs is 1. The fourth-order valence-electron chi connectivity index (χ4n) is 5.07. The summed E-state index contributed by atoms with van der Waals surface area (Å²) in [6, 6.07) is 25.8. The van der Waals surface area contributed by atoms with E-state index in [4.69, 9.17) is 19.6 Å². The number of ether oxygens (including phenoxy) is 2. The predicted octanol–water partition coefficient (Wildman–Crippen LogP) is 4.70. The van der Waals surface area contributed by atoms with Crippen molar-refractivity contribution in [1.82, 2.24) is 4.90 Å². The quantitative estimate of drug-likeness (QED) is 0.471. The van der Waals surface area contributed by atoms with Crippen molar-refractivity contribution in [3.05, 3.63) is 101 Å². The summed E-state index contributed by atoms with van der Waals surface area (Å²) in [5, 5.41) is 8.98. The first-order valence-corrected chi connectivity index (χ1v) is 12.7. The lowest BCUT2D eigenvalue weighted by atomic mass is 9.82. The van der Waals surface area contributed by atoms with E-state index in [-0.39, 0.29) is 12.5 Å². The van der Waals surface area contributed by atoms with Crippen molar-refractivity contribution in [3.8, 4) is 5.75 Å². The molecule has 5 rings (SSSR count). The molecule has 0 saturated carbocycles. The van der Waals surface area contributed by atoms with E-state index in [1.165, 1.54) is 0 Å². The van der Waals surface area contributed by atoms with Crippen LogP contribution in [0.2, 0.25) is 0 Å². The lowest BCUT2D eigenvalue weighted by Gasteiger charge is -2.33. The van der Waals surface area contributed by atoms with Crippen LogP contribution in [0.25, 0.3) is 0 Å². The van der Waals surface area contributed by atoms with E-state index < -0.39 is 11.6 Å². The number of aliphatic hydroxyl groups is 1. The molecule has 36 heavy (non-hydrogen) atoms. The summed E-state index contributed by atoms with van der Waals surface area (Å²) in [4.78, 5) is 21.3. The van der Waals surface area contributed by atoms with Gasteiger partial charge in [0.05, 0.1) is 6.61 Å². The molecule has 0 radical (unpaired) electrons. The Bertz CT molecular complexity index is 1230. The van der Waals surface area contributed by atoms with Crippen molar-refractivity contribution in [2.24, 2.45) is 4.99 Å². The highest BCUT2D eigenvalue weighted by Crippen LogP contribution is 2.45. The summed E-state index contributed by atoms with van der Waals surface area (Å²) in [6.07, 6.45) is 1.40. The van der Waals surface area contributed by atoms with Crippen LogP contribution in [0.5, 0.6) is 5.75 Å². The summed E-state index contributed by atoms with van der Waals surface area (Å²) in [5.41, 5.74) is 2.94. The third-order valence-corrected chi connectivity index (χ3v) is 6.83. The lowest BCUT2D eigenvalue weighted by Crippen LogP contribution is -2.50.